The quantitative estimate of drug-likeness (QED) is 0.323. The molecule has 1 N–H and O–H groups in total. The normalized spacial score (nSPS) is 15.8. The number of hydrogen-bond donors (Lipinski definition) is 1. The van der Waals surface area contributed by atoms with Crippen molar-refractivity contribution in [3.05, 3.63) is 71.0 Å². The smallest absolute Gasteiger partial charge is 0.343 e. The molecule has 0 unspecified atom stereocenters. The Balaban J connectivity index is 1.94. The Hall–Kier alpha value is -3.03. The van der Waals surface area contributed by atoms with Gasteiger partial charge in [0.25, 0.3) is 0 Å². The summed E-state index contributed by atoms with van der Waals surface area (Å²) in [7, 11) is 0. The van der Waals surface area contributed by atoms with Gasteiger partial charge in [0, 0.05) is 25.8 Å². The molecule has 1 aliphatic heterocycles. The van der Waals surface area contributed by atoms with Crippen molar-refractivity contribution in [2.75, 3.05) is 32.9 Å². The zero-order valence-electron chi connectivity index (χ0n) is 16.9. The van der Waals surface area contributed by atoms with E-state index in [1.165, 1.54) is 12.3 Å². The number of halogens is 1. The number of hydrogen-bond acceptors (Lipinski definition) is 6. The predicted octanol–water partition coefficient (Wildman–Crippen LogP) is 3.89. The SMILES string of the molecule is CCOC(=O)/C(C=Nc1ccccc1)=C(/O)c1cc(CN2CCOCC2)ccc1F. The summed E-state index contributed by atoms with van der Waals surface area (Å²) in [5.41, 5.74) is 1.14. The van der Waals surface area contributed by atoms with E-state index in [-0.39, 0.29) is 17.7 Å². The minimum Gasteiger partial charge on any atom is -0.506 e. The van der Waals surface area contributed by atoms with Gasteiger partial charge in [-0.2, -0.15) is 0 Å². The number of aliphatic hydroxyl groups excluding tert-OH is 1. The van der Waals surface area contributed by atoms with E-state index in [9.17, 15) is 14.3 Å². The van der Waals surface area contributed by atoms with Crippen molar-refractivity contribution in [1.29, 1.82) is 0 Å². The van der Waals surface area contributed by atoms with Crippen LogP contribution in [0.4, 0.5) is 10.1 Å². The van der Waals surface area contributed by atoms with Gasteiger partial charge in [0.15, 0.2) is 0 Å². The number of benzene rings is 2. The van der Waals surface area contributed by atoms with Crippen LogP contribution in [0, 0.1) is 5.82 Å². The number of rotatable bonds is 7. The summed E-state index contributed by atoms with van der Waals surface area (Å²) in [4.78, 5) is 18.8. The number of carbonyl (C=O) groups is 1. The van der Waals surface area contributed by atoms with Crippen molar-refractivity contribution < 1.29 is 23.8 Å². The van der Waals surface area contributed by atoms with Crippen LogP contribution in [0.5, 0.6) is 0 Å². The highest BCUT2D eigenvalue weighted by Gasteiger charge is 2.20. The average molecular weight is 412 g/mol. The second kappa shape index (κ2) is 10.7. The van der Waals surface area contributed by atoms with E-state index in [0.717, 1.165) is 18.7 Å². The Kier molecular flexibility index (Phi) is 7.70. The fraction of sp³-hybridized carbons (Fsp3) is 0.304. The van der Waals surface area contributed by atoms with Crippen LogP contribution in [-0.2, 0) is 20.8 Å². The number of esters is 1. The van der Waals surface area contributed by atoms with Gasteiger partial charge in [0.2, 0.25) is 0 Å². The molecule has 2 aromatic rings. The molecule has 0 radical (unpaired) electrons. The number of carbonyl (C=O) groups excluding carboxylic acids is 1. The monoisotopic (exact) mass is 412 g/mol. The van der Waals surface area contributed by atoms with Gasteiger partial charge in [-0.1, -0.05) is 24.3 Å². The van der Waals surface area contributed by atoms with E-state index in [1.807, 2.05) is 6.07 Å². The third-order valence-corrected chi connectivity index (χ3v) is 4.65. The molecule has 0 bridgehead atoms. The van der Waals surface area contributed by atoms with Gasteiger partial charge in [-0.25, -0.2) is 9.18 Å². The Morgan fingerprint density at radius 1 is 1.23 bits per heavy atom. The maximum absolute atomic E-state index is 14.5. The Morgan fingerprint density at radius 3 is 2.67 bits per heavy atom. The zero-order valence-corrected chi connectivity index (χ0v) is 16.9. The number of aliphatic hydroxyl groups is 1. The fourth-order valence-corrected chi connectivity index (χ4v) is 3.09. The fourth-order valence-electron chi connectivity index (χ4n) is 3.09. The van der Waals surface area contributed by atoms with E-state index in [1.54, 1.807) is 43.3 Å². The summed E-state index contributed by atoms with van der Waals surface area (Å²) in [5, 5.41) is 10.8. The molecule has 3 rings (SSSR count). The van der Waals surface area contributed by atoms with Crippen LogP contribution in [0.25, 0.3) is 5.76 Å². The first-order valence-corrected chi connectivity index (χ1v) is 9.87. The van der Waals surface area contributed by atoms with Crippen LogP contribution in [0.3, 0.4) is 0 Å². The molecule has 1 fully saturated rings. The molecule has 0 spiro atoms. The number of morpholine rings is 1. The Bertz CT molecular complexity index is 922. The van der Waals surface area contributed by atoms with Crippen molar-refractivity contribution in [2.45, 2.75) is 13.5 Å². The van der Waals surface area contributed by atoms with E-state index >= 15 is 0 Å². The van der Waals surface area contributed by atoms with Crippen LogP contribution in [0.2, 0.25) is 0 Å². The number of para-hydroxylation sites is 1. The molecule has 2 aromatic carbocycles. The van der Waals surface area contributed by atoms with E-state index in [4.69, 9.17) is 9.47 Å². The second-order valence-electron chi connectivity index (χ2n) is 6.78. The minimum atomic E-state index is -0.771. The molecule has 7 heteroatoms. The largest absolute Gasteiger partial charge is 0.506 e. The van der Waals surface area contributed by atoms with Crippen molar-refractivity contribution in [2.24, 2.45) is 4.99 Å². The van der Waals surface area contributed by atoms with E-state index < -0.39 is 17.5 Å². The van der Waals surface area contributed by atoms with Gasteiger partial charge in [0.1, 0.15) is 17.1 Å². The molecular weight excluding hydrogens is 387 g/mol. The minimum absolute atomic E-state index is 0.0664. The average Bonchev–Trinajstić information content (AvgIpc) is 2.77. The first-order chi connectivity index (χ1) is 14.6. The maximum Gasteiger partial charge on any atom is 0.343 e. The van der Waals surface area contributed by atoms with Crippen molar-refractivity contribution in [3.8, 4) is 0 Å². The van der Waals surface area contributed by atoms with Gasteiger partial charge < -0.3 is 14.6 Å². The summed E-state index contributed by atoms with van der Waals surface area (Å²) < 4.78 is 24.9. The molecule has 1 heterocycles. The van der Waals surface area contributed by atoms with Gasteiger partial charge in [-0.05, 0) is 36.8 Å². The standard InChI is InChI=1S/C23H25FN2O4/c1-2-30-23(28)20(15-25-18-6-4-3-5-7-18)22(27)19-14-17(8-9-21(19)24)16-26-10-12-29-13-11-26/h3-9,14-15,27H,2,10-13,16H2,1H3/b22-20+,25-15?. The molecular formula is C23H25FN2O4. The molecule has 158 valence electrons. The molecule has 0 aromatic heterocycles. The second-order valence-corrected chi connectivity index (χ2v) is 6.78. The van der Waals surface area contributed by atoms with E-state index in [2.05, 4.69) is 9.89 Å². The molecule has 0 saturated carbocycles. The lowest BCUT2D eigenvalue weighted by molar-refractivity contribution is -0.137. The molecule has 6 nitrogen and oxygen atoms in total. The Labute approximate surface area is 175 Å². The summed E-state index contributed by atoms with van der Waals surface area (Å²) >= 11 is 0. The maximum atomic E-state index is 14.5. The van der Waals surface area contributed by atoms with Crippen molar-refractivity contribution >= 4 is 23.6 Å². The zero-order chi connectivity index (χ0) is 21.3. The highest BCUT2D eigenvalue weighted by molar-refractivity contribution is 6.15. The van der Waals surface area contributed by atoms with Crippen LogP contribution in [-0.4, -0.2) is 55.1 Å². The van der Waals surface area contributed by atoms with Crippen molar-refractivity contribution in [1.82, 2.24) is 4.90 Å². The van der Waals surface area contributed by atoms with Gasteiger partial charge in [-0.15, -0.1) is 0 Å². The van der Waals surface area contributed by atoms with Gasteiger partial charge >= 0.3 is 5.97 Å². The molecule has 30 heavy (non-hydrogen) atoms. The first kappa shape index (κ1) is 21.7. The summed E-state index contributed by atoms with van der Waals surface area (Å²) in [5.74, 6) is -1.91. The predicted molar refractivity (Wildman–Crippen MR) is 113 cm³/mol. The van der Waals surface area contributed by atoms with Gasteiger partial charge in [-0.3, -0.25) is 9.89 Å². The lowest BCUT2D eigenvalue weighted by atomic mass is 10.0. The number of ether oxygens (including phenoxy) is 2. The number of aliphatic imine (C=N–C) groups is 1. The van der Waals surface area contributed by atoms with Crippen molar-refractivity contribution in [3.63, 3.8) is 0 Å². The molecule has 0 aliphatic carbocycles. The van der Waals surface area contributed by atoms with E-state index in [0.29, 0.717) is 25.4 Å². The summed E-state index contributed by atoms with van der Waals surface area (Å²) in [6, 6.07) is 13.5. The van der Waals surface area contributed by atoms with Crippen LogP contribution in [0.1, 0.15) is 18.1 Å². The lowest BCUT2D eigenvalue weighted by Crippen LogP contribution is -2.35. The topological polar surface area (TPSA) is 71.4 Å². The van der Waals surface area contributed by atoms with Crippen LogP contribution >= 0.6 is 0 Å². The highest BCUT2D eigenvalue weighted by Crippen LogP contribution is 2.23. The third kappa shape index (κ3) is 5.75. The molecule has 0 atom stereocenters. The lowest BCUT2D eigenvalue weighted by Gasteiger charge is -2.26. The van der Waals surface area contributed by atoms with Gasteiger partial charge in [0.05, 0.1) is 31.1 Å². The molecule has 1 aliphatic rings. The number of nitrogens with zero attached hydrogens (tertiary/aromatic N) is 2. The third-order valence-electron chi connectivity index (χ3n) is 4.65. The Morgan fingerprint density at radius 2 is 1.97 bits per heavy atom. The molecule has 1 saturated heterocycles. The summed E-state index contributed by atoms with van der Waals surface area (Å²) in [6.45, 7) is 5.25. The highest BCUT2D eigenvalue weighted by atomic mass is 19.1. The van der Waals surface area contributed by atoms with Crippen LogP contribution < -0.4 is 0 Å². The van der Waals surface area contributed by atoms with Crippen LogP contribution in [0.15, 0.2) is 59.1 Å². The first-order valence-electron chi connectivity index (χ1n) is 9.87. The molecule has 0 amide bonds. The summed E-state index contributed by atoms with van der Waals surface area (Å²) in [6.07, 6.45) is 1.21.